The van der Waals surface area contributed by atoms with Gasteiger partial charge in [-0.05, 0) is 24.1 Å². The van der Waals surface area contributed by atoms with E-state index in [0.717, 1.165) is 16.3 Å². The fraction of sp³-hybridized carbons (Fsp3) is 0.167. The van der Waals surface area contributed by atoms with Crippen LogP contribution in [0.4, 0.5) is 0 Å². The van der Waals surface area contributed by atoms with Crippen LogP contribution in [0.3, 0.4) is 0 Å². The zero-order chi connectivity index (χ0) is 16.8. The first-order valence-corrected chi connectivity index (χ1v) is 8.53. The number of nitrogens with one attached hydrogen (secondary N) is 1. The predicted octanol–water partition coefficient (Wildman–Crippen LogP) is 2.71. The number of pyridine rings is 1. The summed E-state index contributed by atoms with van der Waals surface area (Å²) in [6, 6.07) is 15.4. The first-order valence-electron chi connectivity index (χ1n) is 7.65. The molecule has 0 saturated heterocycles. The van der Waals surface area contributed by atoms with E-state index in [1.807, 2.05) is 48.5 Å². The first kappa shape index (κ1) is 16.3. The minimum absolute atomic E-state index is 0.213. The lowest BCUT2D eigenvalue weighted by Gasteiger charge is -2.08. The van der Waals surface area contributed by atoms with Crippen molar-refractivity contribution >= 4 is 17.2 Å². The van der Waals surface area contributed by atoms with Crippen LogP contribution < -0.4 is 11.1 Å². The SMILES string of the molecule is NC(Cc1ccccc1)c1nc(C(=O)NCc2ccccn2)cs1. The number of hydrogen-bond acceptors (Lipinski definition) is 5. The zero-order valence-corrected chi connectivity index (χ0v) is 13.9. The largest absolute Gasteiger partial charge is 0.345 e. The number of rotatable bonds is 6. The third kappa shape index (κ3) is 4.24. The van der Waals surface area contributed by atoms with Crippen molar-refractivity contribution in [2.45, 2.75) is 19.0 Å². The summed E-state index contributed by atoms with van der Waals surface area (Å²) >= 11 is 1.41. The molecule has 0 radical (unpaired) electrons. The van der Waals surface area contributed by atoms with E-state index in [1.165, 1.54) is 11.3 Å². The molecule has 24 heavy (non-hydrogen) atoms. The van der Waals surface area contributed by atoms with Crippen LogP contribution >= 0.6 is 11.3 Å². The van der Waals surface area contributed by atoms with Gasteiger partial charge in [-0.15, -0.1) is 11.3 Å². The average molecular weight is 338 g/mol. The van der Waals surface area contributed by atoms with Crippen LogP contribution in [0.2, 0.25) is 0 Å². The lowest BCUT2D eigenvalue weighted by atomic mass is 10.1. The highest BCUT2D eigenvalue weighted by Crippen LogP contribution is 2.20. The molecule has 2 heterocycles. The summed E-state index contributed by atoms with van der Waals surface area (Å²) in [6.07, 6.45) is 2.40. The molecule has 0 aliphatic heterocycles. The minimum Gasteiger partial charge on any atom is -0.345 e. The van der Waals surface area contributed by atoms with Gasteiger partial charge in [-0.3, -0.25) is 9.78 Å². The second-order valence-electron chi connectivity index (χ2n) is 5.37. The summed E-state index contributed by atoms with van der Waals surface area (Å²) in [6.45, 7) is 0.378. The maximum atomic E-state index is 12.2. The van der Waals surface area contributed by atoms with Gasteiger partial charge >= 0.3 is 0 Å². The van der Waals surface area contributed by atoms with Gasteiger partial charge in [-0.2, -0.15) is 0 Å². The van der Waals surface area contributed by atoms with E-state index in [-0.39, 0.29) is 11.9 Å². The maximum Gasteiger partial charge on any atom is 0.271 e. The summed E-state index contributed by atoms with van der Waals surface area (Å²) in [7, 11) is 0. The number of nitrogens with two attached hydrogens (primary N) is 1. The molecule has 0 aliphatic carbocycles. The molecule has 0 aliphatic rings. The van der Waals surface area contributed by atoms with Crippen LogP contribution in [0.15, 0.2) is 60.1 Å². The predicted molar refractivity (Wildman–Crippen MR) is 94.6 cm³/mol. The molecular formula is C18H18N4OS. The van der Waals surface area contributed by atoms with Gasteiger partial charge in [0.05, 0.1) is 18.3 Å². The van der Waals surface area contributed by atoms with Gasteiger partial charge in [-0.25, -0.2) is 4.98 Å². The van der Waals surface area contributed by atoms with Crippen LogP contribution in [-0.4, -0.2) is 15.9 Å². The molecule has 0 fully saturated rings. The van der Waals surface area contributed by atoms with Crippen LogP contribution in [0.1, 0.15) is 32.8 Å². The normalized spacial score (nSPS) is 11.9. The van der Waals surface area contributed by atoms with E-state index in [2.05, 4.69) is 15.3 Å². The molecule has 1 unspecified atom stereocenters. The number of amides is 1. The Morgan fingerprint density at radius 1 is 1.17 bits per heavy atom. The van der Waals surface area contributed by atoms with Crippen LogP contribution in [0.5, 0.6) is 0 Å². The van der Waals surface area contributed by atoms with E-state index < -0.39 is 0 Å². The molecular weight excluding hydrogens is 320 g/mol. The van der Waals surface area contributed by atoms with E-state index in [9.17, 15) is 4.79 Å². The van der Waals surface area contributed by atoms with Crippen LogP contribution in [0.25, 0.3) is 0 Å². The summed E-state index contributed by atoms with van der Waals surface area (Å²) in [5.41, 5.74) is 8.57. The van der Waals surface area contributed by atoms with Gasteiger partial charge in [0.25, 0.3) is 5.91 Å². The molecule has 6 heteroatoms. The Balaban J connectivity index is 1.59. The molecule has 0 saturated carbocycles. The molecule has 122 valence electrons. The van der Waals surface area contributed by atoms with E-state index in [1.54, 1.807) is 11.6 Å². The highest BCUT2D eigenvalue weighted by Gasteiger charge is 2.15. The molecule has 1 amide bonds. The molecule has 1 atom stereocenters. The van der Waals surface area contributed by atoms with Gasteiger partial charge in [0.2, 0.25) is 0 Å². The quantitative estimate of drug-likeness (QED) is 0.724. The van der Waals surface area contributed by atoms with Crippen molar-refractivity contribution in [2.24, 2.45) is 5.73 Å². The van der Waals surface area contributed by atoms with Crippen molar-refractivity contribution in [3.8, 4) is 0 Å². The highest BCUT2D eigenvalue weighted by molar-refractivity contribution is 7.09. The topological polar surface area (TPSA) is 80.9 Å². The van der Waals surface area contributed by atoms with Gasteiger partial charge in [0.1, 0.15) is 10.7 Å². The number of hydrogen-bond donors (Lipinski definition) is 2. The number of aromatic nitrogens is 2. The van der Waals surface area contributed by atoms with Crippen molar-refractivity contribution in [1.82, 2.24) is 15.3 Å². The number of carbonyl (C=O) groups excluding carboxylic acids is 1. The standard InChI is InChI=1S/C18H18N4OS/c19-15(10-13-6-2-1-3-7-13)18-22-16(12-24-18)17(23)21-11-14-8-4-5-9-20-14/h1-9,12,15H,10-11,19H2,(H,21,23). The lowest BCUT2D eigenvalue weighted by Crippen LogP contribution is -2.24. The Morgan fingerprint density at radius 3 is 2.71 bits per heavy atom. The molecule has 3 aromatic rings. The summed E-state index contributed by atoms with van der Waals surface area (Å²) < 4.78 is 0. The van der Waals surface area contributed by atoms with Crippen molar-refractivity contribution in [3.05, 3.63) is 82.1 Å². The van der Waals surface area contributed by atoms with Crippen molar-refractivity contribution < 1.29 is 4.79 Å². The fourth-order valence-electron chi connectivity index (χ4n) is 2.28. The van der Waals surface area contributed by atoms with E-state index in [4.69, 9.17) is 5.73 Å². The molecule has 3 N–H and O–H groups in total. The van der Waals surface area contributed by atoms with Gasteiger partial charge < -0.3 is 11.1 Å². The molecule has 2 aromatic heterocycles. The van der Waals surface area contributed by atoms with Gasteiger partial charge in [-0.1, -0.05) is 36.4 Å². The number of benzene rings is 1. The van der Waals surface area contributed by atoms with Crippen molar-refractivity contribution in [3.63, 3.8) is 0 Å². The number of nitrogens with zero attached hydrogens (tertiary/aromatic N) is 2. The molecule has 0 spiro atoms. The van der Waals surface area contributed by atoms with Crippen molar-refractivity contribution in [2.75, 3.05) is 0 Å². The average Bonchev–Trinajstić information content (AvgIpc) is 3.12. The smallest absolute Gasteiger partial charge is 0.271 e. The molecule has 5 nitrogen and oxygen atoms in total. The maximum absolute atomic E-state index is 12.2. The number of thiazole rings is 1. The summed E-state index contributed by atoms with van der Waals surface area (Å²) in [4.78, 5) is 20.7. The molecule has 3 rings (SSSR count). The van der Waals surface area contributed by atoms with Crippen molar-refractivity contribution in [1.29, 1.82) is 0 Å². The third-order valence-corrected chi connectivity index (χ3v) is 4.50. The minimum atomic E-state index is -0.213. The van der Waals surface area contributed by atoms with Gasteiger partial charge in [0.15, 0.2) is 0 Å². The lowest BCUT2D eigenvalue weighted by molar-refractivity contribution is 0.0946. The Kier molecular flexibility index (Phi) is 5.30. The second kappa shape index (κ2) is 7.81. The Labute approximate surface area is 144 Å². The molecule has 1 aromatic carbocycles. The second-order valence-corrected chi connectivity index (χ2v) is 6.26. The highest BCUT2D eigenvalue weighted by atomic mass is 32.1. The summed E-state index contributed by atoms with van der Waals surface area (Å²) in [5, 5.41) is 5.33. The van der Waals surface area contributed by atoms with Crippen LogP contribution in [0, 0.1) is 0 Å². The zero-order valence-electron chi connectivity index (χ0n) is 13.1. The monoisotopic (exact) mass is 338 g/mol. The first-order chi connectivity index (χ1) is 11.7. The Morgan fingerprint density at radius 2 is 1.96 bits per heavy atom. The van der Waals surface area contributed by atoms with E-state index >= 15 is 0 Å². The van der Waals surface area contributed by atoms with E-state index in [0.29, 0.717) is 18.7 Å². The third-order valence-electron chi connectivity index (χ3n) is 3.53. The van der Waals surface area contributed by atoms with Gasteiger partial charge in [0, 0.05) is 11.6 Å². The fourth-order valence-corrected chi connectivity index (χ4v) is 3.08. The van der Waals surface area contributed by atoms with Crippen LogP contribution in [-0.2, 0) is 13.0 Å². The Hall–Kier alpha value is -2.57. The summed E-state index contributed by atoms with van der Waals surface area (Å²) in [5.74, 6) is -0.213. The Bertz CT molecular complexity index is 789. The number of carbonyl (C=O) groups is 1. The molecule has 0 bridgehead atoms.